The number of nitrogens with zero attached hydrogens (tertiary/aromatic N) is 3. The van der Waals surface area contributed by atoms with Crippen molar-refractivity contribution in [3.8, 4) is 0 Å². The first-order valence-corrected chi connectivity index (χ1v) is 4.62. The number of carbonyl (C=O) groups excluding carboxylic acids is 1. The van der Waals surface area contributed by atoms with E-state index in [1.807, 2.05) is 0 Å². The van der Waals surface area contributed by atoms with Crippen LogP contribution in [0.5, 0.6) is 0 Å². The fraction of sp³-hybridized carbons (Fsp3) is 0.556. The number of carbonyl (C=O) groups is 1. The standard InChI is InChI=1S/C9H13N3O4/c1-9(2,3)16-8(13)6-5-7(12(14)15)10-11(6)4/h5H,1-4H3. The van der Waals surface area contributed by atoms with Gasteiger partial charge in [-0.1, -0.05) is 0 Å². The molecule has 0 amide bonds. The quantitative estimate of drug-likeness (QED) is 0.431. The van der Waals surface area contributed by atoms with E-state index in [2.05, 4.69) is 5.10 Å². The molecule has 88 valence electrons. The van der Waals surface area contributed by atoms with Crippen LogP contribution < -0.4 is 0 Å². The number of ether oxygens (including phenoxy) is 1. The highest BCUT2D eigenvalue weighted by Gasteiger charge is 2.25. The highest BCUT2D eigenvalue weighted by Crippen LogP contribution is 2.15. The maximum absolute atomic E-state index is 11.6. The number of esters is 1. The maximum Gasteiger partial charge on any atom is 0.390 e. The molecule has 1 heterocycles. The van der Waals surface area contributed by atoms with E-state index in [-0.39, 0.29) is 11.5 Å². The Bertz CT molecular complexity index is 430. The van der Waals surface area contributed by atoms with Crippen molar-refractivity contribution in [1.29, 1.82) is 0 Å². The largest absolute Gasteiger partial charge is 0.455 e. The summed E-state index contributed by atoms with van der Waals surface area (Å²) in [5.41, 5.74) is -0.586. The topological polar surface area (TPSA) is 87.3 Å². The van der Waals surface area contributed by atoms with E-state index in [1.165, 1.54) is 7.05 Å². The molecule has 0 N–H and O–H groups in total. The Morgan fingerprint density at radius 3 is 2.50 bits per heavy atom. The molecule has 1 aromatic rings. The van der Waals surface area contributed by atoms with E-state index in [0.717, 1.165) is 10.7 Å². The fourth-order valence-electron chi connectivity index (χ4n) is 1.06. The monoisotopic (exact) mass is 227 g/mol. The summed E-state index contributed by atoms with van der Waals surface area (Å²) in [7, 11) is 1.45. The summed E-state index contributed by atoms with van der Waals surface area (Å²) in [5, 5.41) is 14.0. The Labute approximate surface area is 92.2 Å². The molecule has 7 nitrogen and oxygen atoms in total. The number of hydrogen-bond acceptors (Lipinski definition) is 5. The Hall–Kier alpha value is -1.92. The van der Waals surface area contributed by atoms with Gasteiger partial charge < -0.3 is 14.9 Å². The third-order valence-corrected chi connectivity index (χ3v) is 1.66. The zero-order chi connectivity index (χ0) is 12.5. The van der Waals surface area contributed by atoms with Crippen molar-refractivity contribution in [1.82, 2.24) is 9.78 Å². The lowest BCUT2D eigenvalue weighted by Crippen LogP contribution is -2.25. The van der Waals surface area contributed by atoms with Crippen LogP contribution in [0.15, 0.2) is 6.07 Å². The molecule has 16 heavy (non-hydrogen) atoms. The molecule has 0 radical (unpaired) electrons. The van der Waals surface area contributed by atoms with Crippen LogP contribution in [0.1, 0.15) is 31.3 Å². The lowest BCUT2D eigenvalue weighted by Gasteiger charge is -2.18. The first-order valence-electron chi connectivity index (χ1n) is 4.62. The molecule has 0 atom stereocenters. The molecule has 1 rings (SSSR count). The molecule has 0 spiro atoms. The van der Waals surface area contributed by atoms with Crippen LogP contribution in [-0.4, -0.2) is 26.3 Å². The highest BCUT2D eigenvalue weighted by atomic mass is 16.6. The summed E-state index contributed by atoms with van der Waals surface area (Å²) in [4.78, 5) is 21.4. The van der Waals surface area contributed by atoms with Crippen LogP contribution >= 0.6 is 0 Å². The first-order chi connectivity index (χ1) is 7.20. The Morgan fingerprint density at radius 1 is 1.56 bits per heavy atom. The van der Waals surface area contributed by atoms with E-state index >= 15 is 0 Å². The fourth-order valence-corrected chi connectivity index (χ4v) is 1.06. The molecule has 7 heteroatoms. The van der Waals surface area contributed by atoms with Gasteiger partial charge in [0.2, 0.25) is 0 Å². The molecule has 0 aromatic carbocycles. The smallest absolute Gasteiger partial charge is 0.390 e. The van der Waals surface area contributed by atoms with Crippen molar-refractivity contribution in [2.24, 2.45) is 7.05 Å². The summed E-state index contributed by atoms with van der Waals surface area (Å²) in [6.45, 7) is 5.15. The number of hydrogen-bond donors (Lipinski definition) is 0. The van der Waals surface area contributed by atoms with Crippen molar-refractivity contribution in [3.05, 3.63) is 21.9 Å². The summed E-state index contributed by atoms with van der Waals surface area (Å²) in [6, 6.07) is 1.09. The zero-order valence-electron chi connectivity index (χ0n) is 9.55. The van der Waals surface area contributed by atoms with Gasteiger partial charge in [0.15, 0.2) is 5.69 Å². The normalized spacial score (nSPS) is 11.2. The lowest BCUT2D eigenvalue weighted by molar-refractivity contribution is -0.389. The summed E-state index contributed by atoms with van der Waals surface area (Å²) < 4.78 is 6.21. The molecular weight excluding hydrogens is 214 g/mol. The molecule has 0 bridgehead atoms. The van der Waals surface area contributed by atoms with Gasteiger partial charge in [-0.05, 0) is 25.7 Å². The highest BCUT2D eigenvalue weighted by molar-refractivity contribution is 5.88. The maximum atomic E-state index is 11.6. The van der Waals surface area contributed by atoms with Crippen LogP contribution in [0.4, 0.5) is 5.82 Å². The van der Waals surface area contributed by atoms with Crippen LogP contribution in [0.2, 0.25) is 0 Å². The molecule has 0 aliphatic heterocycles. The molecular formula is C9H13N3O4. The molecule has 0 saturated carbocycles. The second-order valence-electron chi connectivity index (χ2n) is 4.27. The van der Waals surface area contributed by atoms with Gasteiger partial charge in [0, 0.05) is 0 Å². The molecule has 0 aliphatic rings. The number of aryl methyl sites for hydroxylation is 1. The molecule has 1 aromatic heterocycles. The average Bonchev–Trinajstić information content (AvgIpc) is 2.44. The van der Waals surface area contributed by atoms with Crippen molar-refractivity contribution in [2.45, 2.75) is 26.4 Å². The van der Waals surface area contributed by atoms with Gasteiger partial charge in [-0.15, -0.1) is 0 Å². The van der Waals surface area contributed by atoms with Gasteiger partial charge in [-0.25, -0.2) is 4.79 Å². The van der Waals surface area contributed by atoms with Crippen LogP contribution in [0, 0.1) is 10.1 Å². The van der Waals surface area contributed by atoms with Crippen molar-refractivity contribution in [3.63, 3.8) is 0 Å². The Kier molecular flexibility index (Phi) is 2.97. The minimum Gasteiger partial charge on any atom is -0.455 e. The molecule has 0 fully saturated rings. The summed E-state index contributed by atoms with van der Waals surface area (Å²) in [5.74, 6) is -1.00. The SMILES string of the molecule is Cn1nc([N+](=O)[O-])cc1C(=O)OC(C)(C)C. The number of nitro groups is 1. The minimum atomic E-state index is -0.659. The zero-order valence-corrected chi connectivity index (χ0v) is 9.55. The third kappa shape index (κ3) is 2.78. The van der Waals surface area contributed by atoms with Gasteiger partial charge in [0.05, 0.1) is 18.2 Å². The van der Waals surface area contributed by atoms with Crippen LogP contribution in [-0.2, 0) is 11.8 Å². The summed E-state index contributed by atoms with van der Waals surface area (Å²) >= 11 is 0. The van der Waals surface area contributed by atoms with Crippen LogP contribution in [0.25, 0.3) is 0 Å². The Balaban J connectivity index is 2.96. The molecule has 0 unspecified atom stereocenters. The number of rotatable bonds is 2. The van der Waals surface area contributed by atoms with E-state index < -0.39 is 16.5 Å². The first kappa shape index (κ1) is 12.2. The van der Waals surface area contributed by atoms with Crippen LogP contribution in [0.3, 0.4) is 0 Å². The van der Waals surface area contributed by atoms with Gasteiger partial charge >= 0.3 is 11.8 Å². The van der Waals surface area contributed by atoms with Gasteiger partial charge in [-0.2, -0.15) is 4.68 Å². The van der Waals surface area contributed by atoms with E-state index in [0.29, 0.717) is 0 Å². The van der Waals surface area contributed by atoms with E-state index in [9.17, 15) is 14.9 Å². The third-order valence-electron chi connectivity index (χ3n) is 1.66. The predicted molar refractivity (Wildman–Crippen MR) is 55.0 cm³/mol. The van der Waals surface area contributed by atoms with Crippen molar-refractivity contribution < 1.29 is 14.5 Å². The second kappa shape index (κ2) is 3.92. The van der Waals surface area contributed by atoms with Gasteiger partial charge in [0.25, 0.3) is 0 Å². The molecule has 0 saturated heterocycles. The molecule has 0 aliphatic carbocycles. The van der Waals surface area contributed by atoms with E-state index in [4.69, 9.17) is 4.74 Å². The van der Waals surface area contributed by atoms with Crippen molar-refractivity contribution in [2.75, 3.05) is 0 Å². The number of aromatic nitrogens is 2. The lowest BCUT2D eigenvalue weighted by atomic mass is 10.2. The Morgan fingerprint density at radius 2 is 2.12 bits per heavy atom. The van der Waals surface area contributed by atoms with Gasteiger partial charge in [-0.3, -0.25) is 0 Å². The predicted octanol–water partition coefficient (Wildman–Crippen LogP) is 1.28. The minimum absolute atomic E-state index is 0.0571. The summed E-state index contributed by atoms with van der Waals surface area (Å²) in [6.07, 6.45) is 0. The average molecular weight is 227 g/mol. The second-order valence-corrected chi connectivity index (χ2v) is 4.27. The van der Waals surface area contributed by atoms with Crippen molar-refractivity contribution >= 4 is 11.8 Å². The van der Waals surface area contributed by atoms with E-state index in [1.54, 1.807) is 20.8 Å². The van der Waals surface area contributed by atoms with Gasteiger partial charge in [0.1, 0.15) is 5.60 Å².